The van der Waals surface area contributed by atoms with Gasteiger partial charge in [-0.3, -0.25) is 4.57 Å². The van der Waals surface area contributed by atoms with Gasteiger partial charge in [0.2, 0.25) is 5.95 Å². The molecule has 1 heterocycles. The monoisotopic (exact) mass is 305 g/mol. The predicted molar refractivity (Wildman–Crippen MR) is 60.7 cm³/mol. The van der Waals surface area contributed by atoms with E-state index in [9.17, 15) is 13.2 Å². The van der Waals surface area contributed by atoms with Gasteiger partial charge >= 0.3 is 6.18 Å². The quantitative estimate of drug-likeness (QED) is 0.879. The molecule has 0 saturated heterocycles. The molecule has 7 heteroatoms. The Hall–Kier alpha value is -1.50. The molecule has 1 aromatic heterocycles. The number of hydrogen-bond donors (Lipinski definition) is 1. The van der Waals surface area contributed by atoms with Crippen molar-refractivity contribution in [1.29, 1.82) is 0 Å². The molecule has 1 aromatic carbocycles. The number of rotatable bonds is 1. The second-order valence-electron chi connectivity index (χ2n) is 3.32. The average Bonchev–Trinajstić information content (AvgIpc) is 2.57. The highest BCUT2D eigenvalue weighted by Gasteiger charge is 2.30. The lowest BCUT2D eigenvalue weighted by Gasteiger charge is -2.10. The fourth-order valence-electron chi connectivity index (χ4n) is 1.42. The van der Waals surface area contributed by atoms with E-state index in [4.69, 9.17) is 5.73 Å². The number of hydrogen-bond acceptors (Lipinski definition) is 2. The molecule has 17 heavy (non-hydrogen) atoms. The van der Waals surface area contributed by atoms with Gasteiger partial charge in [-0.15, -0.1) is 0 Å². The lowest BCUT2D eigenvalue weighted by Crippen LogP contribution is -2.07. The molecule has 0 saturated carbocycles. The Bertz CT molecular complexity index is 528. The SMILES string of the molecule is Nc1ncc(Br)n1-c1cccc(C(F)(F)F)c1. The molecule has 3 nitrogen and oxygen atoms in total. The third-order valence-electron chi connectivity index (χ3n) is 2.18. The molecule has 2 N–H and O–H groups in total. The average molecular weight is 306 g/mol. The summed E-state index contributed by atoms with van der Waals surface area (Å²) in [6.45, 7) is 0. The topological polar surface area (TPSA) is 43.8 Å². The molecule has 2 rings (SSSR count). The number of anilines is 1. The van der Waals surface area contributed by atoms with E-state index in [0.717, 1.165) is 12.1 Å². The van der Waals surface area contributed by atoms with E-state index in [1.165, 1.54) is 22.9 Å². The minimum atomic E-state index is -4.38. The summed E-state index contributed by atoms with van der Waals surface area (Å²) in [7, 11) is 0. The zero-order chi connectivity index (χ0) is 12.6. The van der Waals surface area contributed by atoms with Crippen molar-refractivity contribution >= 4 is 21.9 Å². The number of benzene rings is 1. The Morgan fingerprint density at radius 1 is 1.29 bits per heavy atom. The minimum absolute atomic E-state index is 0.121. The Labute approximate surface area is 103 Å². The van der Waals surface area contributed by atoms with Crippen LogP contribution in [0.2, 0.25) is 0 Å². The van der Waals surface area contributed by atoms with Gasteiger partial charge in [0.1, 0.15) is 4.60 Å². The second-order valence-corrected chi connectivity index (χ2v) is 4.14. The highest BCUT2D eigenvalue weighted by Crippen LogP contribution is 2.31. The van der Waals surface area contributed by atoms with Crippen LogP contribution in [0.25, 0.3) is 5.69 Å². The molecule has 0 aliphatic rings. The minimum Gasteiger partial charge on any atom is -0.369 e. The summed E-state index contributed by atoms with van der Waals surface area (Å²) in [4.78, 5) is 3.80. The standard InChI is InChI=1S/C10H7BrF3N3/c11-8-5-16-9(15)17(8)7-3-1-2-6(4-7)10(12,13)14/h1-5H,(H2,15,16). The van der Waals surface area contributed by atoms with Gasteiger partial charge in [0.15, 0.2) is 0 Å². The molecule has 0 aliphatic carbocycles. The largest absolute Gasteiger partial charge is 0.416 e. The van der Waals surface area contributed by atoms with Crippen molar-refractivity contribution in [1.82, 2.24) is 9.55 Å². The molecule has 0 fully saturated rings. The van der Waals surface area contributed by atoms with Gasteiger partial charge in [-0.25, -0.2) is 4.98 Å². The number of halogens is 4. The first-order valence-corrected chi connectivity index (χ1v) is 5.35. The van der Waals surface area contributed by atoms with Crippen LogP contribution in [0, 0.1) is 0 Å². The number of alkyl halides is 3. The molecule has 0 unspecified atom stereocenters. The molecule has 0 atom stereocenters. The van der Waals surface area contributed by atoms with Gasteiger partial charge in [0, 0.05) is 0 Å². The van der Waals surface area contributed by atoms with Crippen LogP contribution in [0.1, 0.15) is 5.56 Å². The summed E-state index contributed by atoms with van der Waals surface area (Å²) < 4.78 is 39.5. The highest BCUT2D eigenvalue weighted by molar-refractivity contribution is 9.10. The van der Waals surface area contributed by atoms with Gasteiger partial charge < -0.3 is 5.73 Å². The molecule has 0 radical (unpaired) electrons. The molecule has 0 spiro atoms. The maximum atomic E-state index is 12.5. The van der Waals surface area contributed by atoms with Crippen LogP contribution in [0.5, 0.6) is 0 Å². The van der Waals surface area contributed by atoms with Crippen molar-refractivity contribution in [2.24, 2.45) is 0 Å². The van der Waals surface area contributed by atoms with Crippen molar-refractivity contribution in [3.05, 3.63) is 40.6 Å². The Kier molecular flexibility index (Phi) is 2.86. The Morgan fingerprint density at radius 2 is 2.00 bits per heavy atom. The summed E-state index contributed by atoms with van der Waals surface area (Å²) in [5, 5.41) is 0. The maximum Gasteiger partial charge on any atom is 0.416 e. The van der Waals surface area contributed by atoms with Crippen molar-refractivity contribution in [3.63, 3.8) is 0 Å². The molecule has 0 bridgehead atoms. The molecule has 0 aliphatic heterocycles. The number of aromatic nitrogens is 2. The second kappa shape index (κ2) is 4.06. The molecule has 90 valence electrons. The van der Waals surface area contributed by atoms with E-state index in [1.54, 1.807) is 0 Å². The third kappa shape index (κ3) is 2.28. The fraction of sp³-hybridized carbons (Fsp3) is 0.100. The highest BCUT2D eigenvalue weighted by atomic mass is 79.9. The van der Waals surface area contributed by atoms with Crippen LogP contribution in [0.3, 0.4) is 0 Å². The zero-order valence-electron chi connectivity index (χ0n) is 8.37. The number of imidazole rings is 1. The smallest absolute Gasteiger partial charge is 0.369 e. The van der Waals surface area contributed by atoms with Crippen LogP contribution in [0.4, 0.5) is 19.1 Å². The van der Waals surface area contributed by atoms with Crippen molar-refractivity contribution in [2.45, 2.75) is 6.18 Å². The summed E-state index contributed by atoms with van der Waals surface area (Å²) >= 11 is 3.17. The van der Waals surface area contributed by atoms with Crippen molar-refractivity contribution < 1.29 is 13.2 Å². The van der Waals surface area contributed by atoms with Gasteiger partial charge in [0.25, 0.3) is 0 Å². The number of nitrogens with two attached hydrogens (primary N) is 1. The van der Waals surface area contributed by atoms with E-state index in [0.29, 0.717) is 10.3 Å². The normalized spacial score (nSPS) is 11.8. The molecule has 2 aromatic rings. The lowest BCUT2D eigenvalue weighted by molar-refractivity contribution is -0.137. The first-order valence-electron chi connectivity index (χ1n) is 4.56. The van der Waals surface area contributed by atoms with Crippen molar-refractivity contribution in [2.75, 3.05) is 5.73 Å². The van der Waals surface area contributed by atoms with Gasteiger partial charge in [-0.2, -0.15) is 13.2 Å². The van der Waals surface area contributed by atoms with E-state index >= 15 is 0 Å². The Morgan fingerprint density at radius 3 is 2.53 bits per heavy atom. The number of nitrogens with zero attached hydrogens (tertiary/aromatic N) is 2. The third-order valence-corrected chi connectivity index (χ3v) is 2.74. The summed E-state index contributed by atoms with van der Waals surface area (Å²) in [6.07, 6.45) is -2.95. The van der Waals surface area contributed by atoms with E-state index in [1.807, 2.05) is 0 Å². The van der Waals surface area contributed by atoms with Gasteiger partial charge in [-0.1, -0.05) is 6.07 Å². The maximum absolute atomic E-state index is 12.5. The van der Waals surface area contributed by atoms with Crippen LogP contribution >= 0.6 is 15.9 Å². The Balaban J connectivity index is 2.55. The van der Waals surface area contributed by atoms with Crippen LogP contribution in [0.15, 0.2) is 35.1 Å². The van der Waals surface area contributed by atoms with E-state index < -0.39 is 11.7 Å². The number of nitrogen functional groups attached to an aromatic ring is 1. The summed E-state index contributed by atoms with van der Waals surface area (Å²) in [6, 6.07) is 4.87. The lowest BCUT2D eigenvalue weighted by atomic mass is 10.2. The van der Waals surface area contributed by atoms with Gasteiger partial charge in [-0.05, 0) is 34.1 Å². The fourth-order valence-corrected chi connectivity index (χ4v) is 1.91. The molecule has 0 amide bonds. The van der Waals surface area contributed by atoms with E-state index in [-0.39, 0.29) is 5.95 Å². The van der Waals surface area contributed by atoms with Crippen LogP contribution in [-0.4, -0.2) is 9.55 Å². The van der Waals surface area contributed by atoms with Crippen LogP contribution < -0.4 is 5.73 Å². The molecular formula is C10H7BrF3N3. The van der Waals surface area contributed by atoms with E-state index in [2.05, 4.69) is 20.9 Å². The van der Waals surface area contributed by atoms with Crippen molar-refractivity contribution in [3.8, 4) is 5.69 Å². The molecular weight excluding hydrogens is 299 g/mol. The summed E-state index contributed by atoms with van der Waals surface area (Å²) in [5.41, 5.74) is 5.15. The first-order chi connectivity index (χ1) is 7.89. The zero-order valence-corrected chi connectivity index (χ0v) is 9.96. The summed E-state index contributed by atoms with van der Waals surface area (Å²) in [5.74, 6) is 0.121. The first kappa shape index (κ1) is 12.0. The van der Waals surface area contributed by atoms with Crippen LogP contribution in [-0.2, 0) is 6.18 Å². The predicted octanol–water partition coefficient (Wildman–Crippen LogP) is 3.24. The van der Waals surface area contributed by atoms with Gasteiger partial charge in [0.05, 0.1) is 17.4 Å².